The second kappa shape index (κ2) is 5.56. The van der Waals surface area contributed by atoms with Crippen LogP contribution in [0.5, 0.6) is 0 Å². The molecule has 1 heterocycles. The summed E-state index contributed by atoms with van der Waals surface area (Å²) < 4.78 is 0. The van der Waals surface area contributed by atoms with Crippen LogP contribution in [0.25, 0.3) is 0 Å². The second-order valence-electron chi connectivity index (χ2n) is 5.17. The van der Waals surface area contributed by atoms with Crippen LogP contribution < -0.4 is 5.32 Å². The minimum absolute atomic E-state index is 0.0226. The number of carbonyl (C=O) groups is 3. The number of rotatable bonds is 4. The third-order valence-corrected chi connectivity index (χ3v) is 3.77. The molecule has 1 saturated carbocycles. The molecule has 1 aliphatic carbocycles. The number of hydrogen-bond acceptors (Lipinski definition) is 4. The highest BCUT2D eigenvalue weighted by atomic mass is 16.3. The van der Waals surface area contributed by atoms with Crippen LogP contribution in [0.2, 0.25) is 0 Å². The van der Waals surface area contributed by atoms with Gasteiger partial charge < -0.3 is 15.3 Å². The maximum Gasteiger partial charge on any atom is 0.327 e. The molecule has 7 heteroatoms. The standard InChI is InChI=1S/C12H19N3O4/c1-14-6-11(18)15(12(14)19)5-10(17)13-9-4-2-3-8(9)7-16/h8-9,16H,2-7H2,1H3,(H,13,17). The topological polar surface area (TPSA) is 90.0 Å². The number of urea groups is 1. The van der Waals surface area contributed by atoms with Gasteiger partial charge in [-0.1, -0.05) is 6.42 Å². The van der Waals surface area contributed by atoms with Gasteiger partial charge in [-0.2, -0.15) is 0 Å². The van der Waals surface area contributed by atoms with Gasteiger partial charge in [0.15, 0.2) is 0 Å². The summed E-state index contributed by atoms with van der Waals surface area (Å²) in [5.41, 5.74) is 0. The lowest BCUT2D eigenvalue weighted by molar-refractivity contribution is -0.131. The Balaban J connectivity index is 1.88. The molecular weight excluding hydrogens is 250 g/mol. The van der Waals surface area contributed by atoms with Crippen molar-refractivity contribution in [1.82, 2.24) is 15.1 Å². The highest BCUT2D eigenvalue weighted by Crippen LogP contribution is 2.25. The molecule has 0 bridgehead atoms. The van der Waals surface area contributed by atoms with Crippen molar-refractivity contribution in [3.05, 3.63) is 0 Å². The Bertz CT molecular complexity index is 398. The van der Waals surface area contributed by atoms with Crippen molar-refractivity contribution in [3.8, 4) is 0 Å². The molecule has 2 N–H and O–H groups in total. The minimum atomic E-state index is -0.440. The number of aliphatic hydroxyl groups excluding tert-OH is 1. The number of amides is 4. The molecule has 1 saturated heterocycles. The first-order valence-electron chi connectivity index (χ1n) is 6.48. The van der Waals surface area contributed by atoms with Gasteiger partial charge in [0.05, 0.1) is 0 Å². The van der Waals surface area contributed by atoms with E-state index < -0.39 is 6.03 Å². The Hall–Kier alpha value is -1.63. The van der Waals surface area contributed by atoms with Crippen molar-refractivity contribution in [2.75, 3.05) is 26.7 Å². The third-order valence-electron chi connectivity index (χ3n) is 3.77. The van der Waals surface area contributed by atoms with Crippen LogP contribution in [0.15, 0.2) is 0 Å². The van der Waals surface area contributed by atoms with E-state index in [0.29, 0.717) is 0 Å². The number of carbonyl (C=O) groups excluding carboxylic acids is 3. The molecule has 19 heavy (non-hydrogen) atoms. The summed E-state index contributed by atoms with van der Waals surface area (Å²) in [5, 5.41) is 12.0. The Labute approximate surface area is 111 Å². The first-order chi connectivity index (χ1) is 9.02. The van der Waals surface area contributed by atoms with Crippen LogP contribution >= 0.6 is 0 Å². The molecule has 0 aromatic carbocycles. The Kier molecular flexibility index (Phi) is 4.04. The molecule has 106 valence electrons. The van der Waals surface area contributed by atoms with Gasteiger partial charge in [0.2, 0.25) is 5.91 Å². The van der Waals surface area contributed by atoms with Gasteiger partial charge >= 0.3 is 6.03 Å². The van der Waals surface area contributed by atoms with Gasteiger partial charge in [0, 0.05) is 25.6 Å². The largest absolute Gasteiger partial charge is 0.396 e. The number of likely N-dealkylation sites (N-methyl/N-ethyl adjacent to an activating group) is 1. The van der Waals surface area contributed by atoms with Crippen molar-refractivity contribution < 1.29 is 19.5 Å². The van der Waals surface area contributed by atoms with E-state index in [9.17, 15) is 19.5 Å². The molecule has 0 aromatic rings. The predicted octanol–water partition coefficient (Wildman–Crippen LogP) is -0.842. The smallest absolute Gasteiger partial charge is 0.327 e. The minimum Gasteiger partial charge on any atom is -0.396 e. The number of hydrogen-bond donors (Lipinski definition) is 2. The SMILES string of the molecule is CN1CC(=O)N(CC(=O)NC2CCCC2CO)C1=O. The summed E-state index contributed by atoms with van der Waals surface area (Å²) in [6.45, 7) is -0.166. The number of nitrogens with zero attached hydrogens (tertiary/aromatic N) is 2. The monoisotopic (exact) mass is 269 g/mol. The molecule has 2 fully saturated rings. The predicted molar refractivity (Wildman–Crippen MR) is 66.1 cm³/mol. The zero-order valence-electron chi connectivity index (χ0n) is 11.0. The first-order valence-corrected chi connectivity index (χ1v) is 6.48. The lowest BCUT2D eigenvalue weighted by Crippen LogP contribution is -2.46. The lowest BCUT2D eigenvalue weighted by atomic mass is 10.1. The second-order valence-corrected chi connectivity index (χ2v) is 5.17. The van der Waals surface area contributed by atoms with Gasteiger partial charge in [0.25, 0.3) is 5.91 Å². The molecule has 2 rings (SSSR count). The summed E-state index contributed by atoms with van der Waals surface area (Å²) in [6, 6.07) is -0.492. The van der Waals surface area contributed by atoms with Gasteiger partial charge in [-0.05, 0) is 12.8 Å². The van der Waals surface area contributed by atoms with E-state index in [1.54, 1.807) is 0 Å². The van der Waals surface area contributed by atoms with Crippen LogP contribution in [0, 0.1) is 5.92 Å². The molecule has 7 nitrogen and oxygen atoms in total. The highest BCUT2D eigenvalue weighted by molar-refractivity contribution is 6.04. The fourth-order valence-corrected chi connectivity index (χ4v) is 2.67. The Morgan fingerprint density at radius 1 is 1.42 bits per heavy atom. The molecule has 4 amide bonds. The maximum absolute atomic E-state index is 11.9. The molecule has 0 radical (unpaired) electrons. The van der Waals surface area contributed by atoms with Crippen molar-refractivity contribution in [2.45, 2.75) is 25.3 Å². The number of imide groups is 1. The lowest BCUT2D eigenvalue weighted by Gasteiger charge is -2.20. The average Bonchev–Trinajstić information content (AvgIpc) is 2.89. The first kappa shape index (κ1) is 13.8. The number of nitrogens with one attached hydrogen (secondary N) is 1. The van der Waals surface area contributed by atoms with Gasteiger partial charge in [0.1, 0.15) is 13.1 Å². The van der Waals surface area contributed by atoms with Crippen molar-refractivity contribution in [3.63, 3.8) is 0 Å². The Morgan fingerprint density at radius 2 is 2.16 bits per heavy atom. The summed E-state index contributed by atoms with van der Waals surface area (Å²) in [5.74, 6) is -0.619. The molecule has 2 atom stereocenters. The third kappa shape index (κ3) is 2.86. The Morgan fingerprint density at radius 3 is 2.74 bits per heavy atom. The van der Waals surface area contributed by atoms with Crippen molar-refractivity contribution in [2.24, 2.45) is 5.92 Å². The summed E-state index contributed by atoms with van der Waals surface area (Å²) in [4.78, 5) is 37.2. The molecule has 2 aliphatic rings. The average molecular weight is 269 g/mol. The maximum atomic E-state index is 11.9. The fraction of sp³-hybridized carbons (Fsp3) is 0.750. The quantitative estimate of drug-likeness (QED) is 0.651. The van der Waals surface area contributed by atoms with Gasteiger partial charge in [-0.25, -0.2) is 4.79 Å². The van der Waals surface area contributed by atoms with Gasteiger partial charge in [-0.15, -0.1) is 0 Å². The number of aliphatic hydroxyl groups is 1. The van der Waals surface area contributed by atoms with Crippen LogP contribution in [0.4, 0.5) is 4.79 Å². The van der Waals surface area contributed by atoms with Crippen LogP contribution in [0.3, 0.4) is 0 Å². The molecule has 0 spiro atoms. The van der Waals surface area contributed by atoms with E-state index >= 15 is 0 Å². The van der Waals surface area contributed by atoms with Gasteiger partial charge in [-0.3, -0.25) is 14.5 Å². The van der Waals surface area contributed by atoms with E-state index in [0.717, 1.165) is 24.2 Å². The fourth-order valence-electron chi connectivity index (χ4n) is 2.67. The van der Waals surface area contributed by atoms with Crippen LogP contribution in [-0.4, -0.2) is 65.5 Å². The highest BCUT2D eigenvalue weighted by Gasteiger charge is 2.36. The molecule has 0 aromatic heterocycles. The zero-order valence-corrected chi connectivity index (χ0v) is 11.0. The van der Waals surface area contributed by atoms with Crippen molar-refractivity contribution in [1.29, 1.82) is 0 Å². The molecule has 2 unspecified atom stereocenters. The van der Waals surface area contributed by atoms with E-state index in [-0.39, 0.29) is 43.5 Å². The van der Waals surface area contributed by atoms with E-state index in [1.165, 1.54) is 11.9 Å². The van der Waals surface area contributed by atoms with E-state index in [1.807, 2.05) is 0 Å². The molecule has 1 aliphatic heterocycles. The normalized spacial score (nSPS) is 27.3. The summed E-state index contributed by atoms with van der Waals surface area (Å²) in [7, 11) is 1.52. The van der Waals surface area contributed by atoms with E-state index in [2.05, 4.69) is 5.32 Å². The molecular formula is C12H19N3O4. The summed E-state index contributed by atoms with van der Waals surface area (Å²) >= 11 is 0. The van der Waals surface area contributed by atoms with Crippen molar-refractivity contribution >= 4 is 17.8 Å². The van der Waals surface area contributed by atoms with Crippen LogP contribution in [-0.2, 0) is 9.59 Å². The zero-order chi connectivity index (χ0) is 14.0. The summed E-state index contributed by atoms with van der Waals surface area (Å²) in [6.07, 6.45) is 2.70. The van der Waals surface area contributed by atoms with E-state index in [4.69, 9.17) is 0 Å². The van der Waals surface area contributed by atoms with Crippen LogP contribution in [0.1, 0.15) is 19.3 Å².